The molecular formula is C8H9F3N4O4. The number of esters is 1. The third-order valence-corrected chi connectivity index (χ3v) is 2.02. The zero-order valence-corrected chi connectivity index (χ0v) is 9.62. The predicted octanol–water partition coefficient (Wildman–Crippen LogP) is 1.24. The van der Waals surface area contributed by atoms with Gasteiger partial charge >= 0.3 is 18.1 Å². The van der Waals surface area contributed by atoms with Gasteiger partial charge in [0.25, 0.3) is 0 Å². The minimum absolute atomic E-state index is 0.0685. The third-order valence-electron chi connectivity index (χ3n) is 2.02. The molecule has 0 fully saturated rings. The third kappa shape index (κ3) is 3.89. The van der Waals surface area contributed by atoms with Crippen LogP contribution in [0.15, 0.2) is 6.33 Å². The number of alkyl halides is 3. The SMILES string of the molecule is CCOC(=O)CC(n1cnc([N+](=O)[O-])n1)C(F)(F)F. The van der Waals surface area contributed by atoms with Crippen LogP contribution in [0.4, 0.5) is 19.1 Å². The lowest BCUT2D eigenvalue weighted by Crippen LogP contribution is -2.30. The fourth-order valence-electron chi connectivity index (χ4n) is 1.24. The second-order valence-corrected chi connectivity index (χ2v) is 3.35. The van der Waals surface area contributed by atoms with Crippen LogP contribution >= 0.6 is 0 Å². The monoisotopic (exact) mass is 282 g/mol. The Hall–Kier alpha value is -2.20. The maximum Gasteiger partial charge on any atom is 0.490 e. The second kappa shape index (κ2) is 5.63. The van der Waals surface area contributed by atoms with E-state index in [-0.39, 0.29) is 11.3 Å². The maximum atomic E-state index is 12.8. The Morgan fingerprint density at radius 1 is 1.63 bits per heavy atom. The van der Waals surface area contributed by atoms with Crippen molar-refractivity contribution in [2.75, 3.05) is 6.61 Å². The minimum Gasteiger partial charge on any atom is -0.466 e. The topological polar surface area (TPSA) is 100 Å². The minimum atomic E-state index is -4.81. The van der Waals surface area contributed by atoms with Gasteiger partial charge in [0.05, 0.1) is 13.0 Å². The summed E-state index contributed by atoms with van der Waals surface area (Å²) in [5, 5.41) is 13.4. The molecule has 1 unspecified atom stereocenters. The summed E-state index contributed by atoms with van der Waals surface area (Å²) in [4.78, 5) is 23.5. The van der Waals surface area contributed by atoms with Gasteiger partial charge in [-0.25, -0.2) is 0 Å². The molecular weight excluding hydrogens is 273 g/mol. The number of halogens is 3. The molecule has 19 heavy (non-hydrogen) atoms. The zero-order chi connectivity index (χ0) is 14.6. The number of hydrogen-bond donors (Lipinski definition) is 0. The van der Waals surface area contributed by atoms with E-state index in [9.17, 15) is 28.1 Å². The van der Waals surface area contributed by atoms with Gasteiger partial charge in [0, 0.05) is 5.10 Å². The van der Waals surface area contributed by atoms with Crippen molar-refractivity contribution in [3.8, 4) is 0 Å². The van der Waals surface area contributed by atoms with E-state index in [0.29, 0.717) is 6.33 Å². The molecule has 0 radical (unpaired) electrons. The number of hydrogen-bond acceptors (Lipinski definition) is 6. The zero-order valence-electron chi connectivity index (χ0n) is 9.62. The molecule has 0 bridgehead atoms. The van der Waals surface area contributed by atoms with Crippen molar-refractivity contribution in [1.82, 2.24) is 14.8 Å². The molecule has 0 aliphatic carbocycles. The first kappa shape index (κ1) is 14.9. The van der Waals surface area contributed by atoms with Crippen LogP contribution in [-0.4, -0.2) is 38.4 Å². The molecule has 8 nitrogen and oxygen atoms in total. The molecule has 1 aromatic rings. The van der Waals surface area contributed by atoms with Gasteiger partial charge in [-0.15, -0.1) is 0 Å². The highest BCUT2D eigenvalue weighted by Crippen LogP contribution is 2.33. The molecule has 11 heteroatoms. The number of nitro groups is 1. The predicted molar refractivity (Wildman–Crippen MR) is 53.0 cm³/mol. The molecule has 0 aliphatic rings. The molecule has 0 saturated carbocycles. The van der Waals surface area contributed by atoms with Crippen molar-refractivity contribution in [2.45, 2.75) is 25.6 Å². The van der Waals surface area contributed by atoms with Gasteiger partial charge in [-0.3, -0.25) is 4.79 Å². The molecule has 1 aromatic heterocycles. The summed E-state index contributed by atoms with van der Waals surface area (Å²) in [5.74, 6) is -2.05. The van der Waals surface area contributed by atoms with Crippen LogP contribution in [0.5, 0.6) is 0 Å². The Morgan fingerprint density at radius 2 is 2.26 bits per heavy atom. The Labute approximate surface area is 104 Å². The van der Waals surface area contributed by atoms with Gasteiger partial charge in [0.15, 0.2) is 6.04 Å². The molecule has 106 valence electrons. The van der Waals surface area contributed by atoms with E-state index in [2.05, 4.69) is 14.8 Å². The largest absolute Gasteiger partial charge is 0.490 e. The summed E-state index contributed by atoms with van der Waals surface area (Å²) < 4.78 is 42.9. The number of aromatic nitrogens is 3. The lowest BCUT2D eigenvalue weighted by atomic mass is 10.2. The highest BCUT2D eigenvalue weighted by Gasteiger charge is 2.45. The second-order valence-electron chi connectivity index (χ2n) is 3.35. The number of ether oxygens (including phenoxy) is 1. The summed E-state index contributed by atoms with van der Waals surface area (Å²) in [6, 6.07) is -2.35. The van der Waals surface area contributed by atoms with Crippen LogP contribution in [-0.2, 0) is 9.53 Å². The number of carbonyl (C=O) groups is 1. The smallest absolute Gasteiger partial charge is 0.466 e. The highest BCUT2D eigenvalue weighted by molar-refractivity contribution is 5.70. The van der Waals surface area contributed by atoms with E-state index < -0.39 is 35.5 Å². The van der Waals surface area contributed by atoms with Crippen LogP contribution in [0.25, 0.3) is 0 Å². The number of nitrogens with zero attached hydrogens (tertiary/aromatic N) is 4. The molecule has 1 atom stereocenters. The Kier molecular flexibility index (Phi) is 4.40. The fourth-order valence-corrected chi connectivity index (χ4v) is 1.24. The van der Waals surface area contributed by atoms with Gasteiger partial charge < -0.3 is 14.9 Å². The summed E-state index contributed by atoms with van der Waals surface area (Å²) in [7, 11) is 0. The first-order valence-corrected chi connectivity index (χ1v) is 5.03. The van der Waals surface area contributed by atoms with E-state index in [0.717, 1.165) is 0 Å². The van der Waals surface area contributed by atoms with Gasteiger partial charge in [-0.1, -0.05) is 4.98 Å². The van der Waals surface area contributed by atoms with E-state index in [1.807, 2.05) is 0 Å². The van der Waals surface area contributed by atoms with Crippen molar-refractivity contribution in [2.24, 2.45) is 0 Å². The van der Waals surface area contributed by atoms with Gasteiger partial charge in [-0.2, -0.15) is 17.9 Å². The van der Waals surface area contributed by atoms with Crippen molar-refractivity contribution in [3.05, 3.63) is 16.4 Å². The van der Waals surface area contributed by atoms with E-state index in [1.165, 1.54) is 6.92 Å². The molecule has 1 heterocycles. The van der Waals surface area contributed by atoms with Crippen molar-refractivity contribution in [3.63, 3.8) is 0 Å². The van der Waals surface area contributed by atoms with Crippen LogP contribution in [0, 0.1) is 10.1 Å². The Bertz CT molecular complexity index is 473. The van der Waals surface area contributed by atoms with Crippen molar-refractivity contribution in [1.29, 1.82) is 0 Å². The van der Waals surface area contributed by atoms with Crippen molar-refractivity contribution >= 4 is 11.9 Å². The normalized spacial score (nSPS) is 13.1. The van der Waals surface area contributed by atoms with Crippen LogP contribution in [0.1, 0.15) is 19.4 Å². The van der Waals surface area contributed by atoms with Gasteiger partial charge in [0.2, 0.25) is 6.33 Å². The lowest BCUT2D eigenvalue weighted by molar-refractivity contribution is -0.394. The maximum absolute atomic E-state index is 12.8. The fraction of sp³-hybridized carbons (Fsp3) is 0.625. The van der Waals surface area contributed by atoms with Gasteiger partial charge in [-0.05, 0) is 11.8 Å². The lowest BCUT2D eigenvalue weighted by Gasteiger charge is -2.16. The number of carbonyl (C=O) groups excluding carboxylic acids is 1. The quantitative estimate of drug-likeness (QED) is 0.457. The van der Waals surface area contributed by atoms with Gasteiger partial charge in [0.1, 0.15) is 0 Å². The Morgan fingerprint density at radius 3 is 2.68 bits per heavy atom. The Balaban J connectivity index is 2.96. The van der Waals surface area contributed by atoms with E-state index >= 15 is 0 Å². The summed E-state index contributed by atoms with van der Waals surface area (Å²) in [5.41, 5.74) is 0. The van der Waals surface area contributed by atoms with Crippen LogP contribution in [0.3, 0.4) is 0 Å². The van der Waals surface area contributed by atoms with E-state index in [1.54, 1.807) is 0 Å². The van der Waals surface area contributed by atoms with E-state index in [4.69, 9.17) is 0 Å². The average molecular weight is 282 g/mol. The summed E-state index contributed by atoms with van der Waals surface area (Å²) in [6.45, 7) is 1.38. The molecule has 0 N–H and O–H groups in total. The molecule has 0 spiro atoms. The molecule has 0 saturated heterocycles. The number of rotatable bonds is 5. The molecule has 1 rings (SSSR count). The average Bonchev–Trinajstić information content (AvgIpc) is 2.73. The van der Waals surface area contributed by atoms with Crippen LogP contribution in [0.2, 0.25) is 0 Å². The summed E-state index contributed by atoms with van der Waals surface area (Å²) in [6.07, 6.45) is -5.29. The van der Waals surface area contributed by atoms with Crippen molar-refractivity contribution < 1.29 is 27.6 Å². The van der Waals surface area contributed by atoms with Crippen LogP contribution < -0.4 is 0 Å². The highest BCUT2D eigenvalue weighted by atomic mass is 19.4. The first-order valence-electron chi connectivity index (χ1n) is 5.03. The first-order chi connectivity index (χ1) is 8.75. The molecule has 0 aliphatic heterocycles. The standard InChI is InChI=1S/C8H9F3N4O4/c1-2-19-6(16)3-5(8(9,10)11)14-4-12-7(13-14)15(17)18/h4-5H,2-3H2,1H3. The summed E-state index contributed by atoms with van der Waals surface area (Å²) >= 11 is 0. The molecule has 0 aromatic carbocycles. The molecule has 0 amide bonds.